The van der Waals surface area contributed by atoms with Crippen LogP contribution in [0.2, 0.25) is 0 Å². The summed E-state index contributed by atoms with van der Waals surface area (Å²) in [5.41, 5.74) is 2.15. The first-order valence-electron chi connectivity index (χ1n) is 10.3. The van der Waals surface area contributed by atoms with Crippen molar-refractivity contribution in [3.05, 3.63) is 29.3 Å². The molecule has 1 saturated heterocycles. The predicted octanol–water partition coefficient (Wildman–Crippen LogP) is 2.08. The Morgan fingerprint density at radius 1 is 0.966 bits per heavy atom. The van der Waals surface area contributed by atoms with Crippen LogP contribution in [-0.2, 0) is 14.4 Å². The third-order valence-corrected chi connectivity index (χ3v) is 5.02. The topological polar surface area (TPSA) is 79.0 Å². The van der Waals surface area contributed by atoms with Gasteiger partial charge in [0.15, 0.2) is 6.10 Å². The van der Waals surface area contributed by atoms with Crippen LogP contribution in [0.4, 0.5) is 0 Å². The van der Waals surface area contributed by atoms with Crippen LogP contribution < -0.4 is 10.1 Å². The predicted molar refractivity (Wildman–Crippen MR) is 112 cm³/mol. The number of nitrogens with one attached hydrogen (secondary N) is 1. The third-order valence-electron chi connectivity index (χ3n) is 5.02. The molecule has 1 fully saturated rings. The smallest absolute Gasteiger partial charge is 0.312 e. The van der Waals surface area contributed by atoms with Crippen molar-refractivity contribution < 1.29 is 19.1 Å². The average Bonchev–Trinajstić information content (AvgIpc) is 2.67. The fourth-order valence-electron chi connectivity index (χ4n) is 3.20. The van der Waals surface area contributed by atoms with E-state index < -0.39 is 17.9 Å². The molecule has 3 amide bonds. The fourth-order valence-corrected chi connectivity index (χ4v) is 3.20. The molecule has 160 valence electrons. The van der Waals surface area contributed by atoms with Crippen molar-refractivity contribution in [1.29, 1.82) is 0 Å². The summed E-state index contributed by atoms with van der Waals surface area (Å²) in [5, 5.41) is 2.61. The molecule has 2 rings (SSSR count). The van der Waals surface area contributed by atoms with Gasteiger partial charge in [-0.3, -0.25) is 14.4 Å². The molecule has 29 heavy (non-hydrogen) atoms. The highest BCUT2D eigenvalue weighted by Crippen LogP contribution is 2.25. The van der Waals surface area contributed by atoms with Gasteiger partial charge in [0.1, 0.15) is 5.75 Å². The molecule has 0 spiro atoms. The summed E-state index contributed by atoms with van der Waals surface area (Å²) in [6.45, 7) is 13.0. The van der Waals surface area contributed by atoms with Gasteiger partial charge >= 0.3 is 11.8 Å². The normalized spacial score (nSPS) is 15.4. The van der Waals surface area contributed by atoms with Gasteiger partial charge in [-0.1, -0.05) is 26.0 Å². The molecule has 0 aliphatic carbocycles. The zero-order valence-corrected chi connectivity index (χ0v) is 18.3. The summed E-state index contributed by atoms with van der Waals surface area (Å²) in [7, 11) is 0. The van der Waals surface area contributed by atoms with Crippen molar-refractivity contribution in [2.24, 2.45) is 0 Å². The molecule has 7 heteroatoms. The zero-order chi connectivity index (χ0) is 21.7. The lowest BCUT2D eigenvalue weighted by atomic mass is 10.0. The zero-order valence-electron chi connectivity index (χ0n) is 18.3. The lowest BCUT2D eigenvalue weighted by molar-refractivity contribution is -0.149. The van der Waals surface area contributed by atoms with Gasteiger partial charge in [-0.2, -0.15) is 0 Å². The Bertz CT molecular complexity index is 752. The van der Waals surface area contributed by atoms with E-state index in [1.54, 1.807) is 11.8 Å². The number of piperazine rings is 1. The highest BCUT2D eigenvalue weighted by atomic mass is 16.5. The van der Waals surface area contributed by atoms with Crippen molar-refractivity contribution >= 4 is 17.7 Å². The quantitative estimate of drug-likeness (QED) is 0.764. The van der Waals surface area contributed by atoms with Crippen LogP contribution in [0.5, 0.6) is 5.75 Å². The first kappa shape index (κ1) is 22.7. The Balaban J connectivity index is 1.93. The summed E-state index contributed by atoms with van der Waals surface area (Å²) in [6.07, 6.45) is -0.623. The second-order valence-electron chi connectivity index (χ2n) is 8.19. The van der Waals surface area contributed by atoms with Crippen LogP contribution in [-0.4, -0.2) is 65.8 Å². The average molecular weight is 404 g/mol. The van der Waals surface area contributed by atoms with E-state index in [-0.39, 0.29) is 11.9 Å². The first-order chi connectivity index (χ1) is 13.6. The lowest BCUT2D eigenvalue weighted by Crippen LogP contribution is -2.56. The number of rotatable bonds is 5. The van der Waals surface area contributed by atoms with Crippen LogP contribution in [0.1, 0.15) is 51.7 Å². The molecule has 7 nitrogen and oxygen atoms in total. The van der Waals surface area contributed by atoms with Crippen molar-refractivity contribution in [3.63, 3.8) is 0 Å². The van der Waals surface area contributed by atoms with E-state index >= 15 is 0 Å². The third kappa shape index (κ3) is 5.95. The van der Waals surface area contributed by atoms with Crippen LogP contribution in [0.15, 0.2) is 18.2 Å². The minimum absolute atomic E-state index is 0.0926. The van der Waals surface area contributed by atoms with Gasteiger partial charge in [0.05, 0.1) is 0 Å². The maximum absolute atomic E-state index is 12.8. The van der Waals surface area contributed by atoms with Gasteiger partial charge in [0, 0.05) is 32.2 Å². The van der Waals surface area contributed by atoms with Gasteiger partial charge in [0.2, 0.25) is 0 Å². The first-order valence-corrected chi connectivity index (χ1v) is 10.3. The van der Waals surface area contributed by atoms with E-state index in [9.17, 15) is 14.4 Å². The number of carbonyl (C=O) groups excluding carboxylic acids is 3. The molecule has 0 radical (unpaired) electrons. The summed E-state index contributed by atoms with van der Waals surface area (Å²) >= 11 is 0. The summed E-state index contributed by atoms with van der Waals surface area (Å²) in [6, 6.07) is 5.98. The molecule has 0 saturated carbocycles. The van der Waals surface area contributed by atoms with Crippen molar-refractivity contribution in [2.75, 3.05) is 26.2 Å². The number of ether oxygens (including phenoxy) is 1. The molecule has 0 bridgehead atoms. The second kappa shape index (κ2) is 9.76. The Kier molecular flexibility index (Phi) is 7.65. The largest absolute Gasteiger partial charge is 0.481 e. The van der Waals surface area contributed by atoms with Gasteiger partial charge in [-0.15, -0.1) is 0 Å². The molecule has 1 aliphatic rings. The number of carbonyl (C=O) groups is 3. The summed E-state index contributed by atoms with van der Waals surface area (Å²) in [4.78, 5) is 40.1. The molecule has 1 heterocycles. The molecule has 1 aliphatic heterocycles. The van der Waals surface area contributed by atoms with E-state index in [1.165, 1.54) is 4.90 Å². The number of nitrogens with zero attached hydrogens (tertiary/aromatic N) is 2. The van der Waals surface area contributed by atoms with E-state index in [2.05, 4.69) is 25.2 Å². The summed E-state index contributed by atoms with van der Waals surface area (Å²) in [5.74, 6) is -0.162. The standard InChI is InChI=1S/C22H33N3O4/c1-14(2)18-8-7-16(5)19(13-18)29-17(6)21(27)24-9-11-25(12-10-24)22(28)20(26)23-15(3)4/h7-8,13-15,17H,9-12H2,1-6H3,(H,23,26). The Hall–Kier alpha value is -2.57. The second-order valence-corrected chi connectivity index (χ2v) is 8.19. The highest BCUT2D eigenvalue weighted by Gasteiger charge is 2.30. The Morgan fingerprint density at radius 3 is 2.10 bits per heavy atom. The maximum Gasteiger partial charge on any atom is 0.312 e. The van der Waals surface area contributed by atoms with Crippen LogP contribution in [0, 0.1) is 6.92 Å². The minimum atomic E-state index is -0.623. The van der Waals surface area contributed by atoms with E-state index in [0.717, 1.165) is 16.9 Å². The van der Waals surface area contributed by atoms with E-state index in [1.807, 2.05) is 32.9 Å². The van der Waals surface area contributed by atoms with Crippen molar-refractivity contribution in [2.45, 2.75) is 59.6 Å². The molecular weight excluding hydrogens is 370 g/mol. The van der Waals surface area contributed by atoms with Crippen LogP contribution in [0.3, 0.4) is 0 Å². The monoisotopic (exact) mass is 403 g/mol. The number of amides is 3. The van der Waals surface area contributed by atoms with Gasteiger partial charge in [-0.05, 0) is 50.8 Å². The SMILES string of the molecule is Cc1ccc(C(C)C)cc1OC(C)C(=O)N1CCN(C(=O)C(=O)NC(C)C)CC1. The van der Waals surface area contributed by atoms with Crippen molar-refractivity contribution in [1.82, 2.24) is 15.1 Å². The number of hydrogen-bond donors (Lipinski definition) is 1. The Labute approximate surface area is 173 Å². The van der Waals surface area contributed by atoms with Crippen LogP contribution in [0.25, 0.3) is 0 Å². The minimum Gasteiger partial charge on any atom is -0.481 e. The summed E-state index contributed by atoms with van der Waals surface area (Å²) < 4.78 is 5.97. The maximum atomic E-state index is 12.8. The van der Waals surface area contributed by atoms with Crippen molar-refractivity contribution in [3.8, 4) is 5.75 Å². The Morgan fingerprint density at radius 2 is 1.55 bits per heavy atom. The van der Waals surface area contributed by atoms with Gasteiger partial charge < -0.3 is 19.9 Å². The van der Waals surface area contributed by atoms with Crippen LogP contribution >= 0.6 is 0 Å². The lowest BCUT2D eigenvalue weighted by Gasteiger charge is -2.35. The van der Waals surface area contributed by atoms with E-state index in [0.29, 0.717) is 32.1 Å². The number of benzene rings is 1. The molecule has 1 unspecified atom stereocenters. The van der Waals surface area contributed by atoms with Gasteiger partial charge in [-0.25, -0.2) is 0 Å². The van der Waals surface area contributed by atoms with E-state index in [4.69, 9.17) is 4.74 Å². The number of aryl methyl sites for hydroxylation is 1. The highest BCUT2D eigenvalue weighted by molar-refractivity contribution is 6.35. The molecular formula is C22H33N3O4. The number of hydrogen-bond acceptors (Lipinski definition) is 4. The fraction of sp³-hybridized carbons (Fsp3) is 0.591. The molecule has 0 aromatic heterocycles. The molecule has 1 atom stereocenters. The molecule has 1 aromatic rings. The molecule has 1 N–H and O–H groups in total. The van der Waals surface area contributed by atoms with Gasteiger partial charge in [0.25, 0.3) is 5.91 Å². The molecule has 1 aromatic carbocycles.